The molecule has 1 saturated carbocycles. The van der Waals surface area contributed by atoms with Gasteiger partial charge in [0.05, 0.1) is 33.4 Å². The van der Waals surface area contributed by atoms with Crippen molar-refractivity contribution in [2.24, 2.45) is 5.92 Å². The molecule has 0 saturated heterocycles. The second-order valence-corrected chi connectivity index (χ2v) is 11.7. The molecule has 1 atom stereocenters. The molecule has 0 spiro atoms. The van der Waals surface area contributed by atoms with Crippen LogP contribution in [0.2, 0.25) is 10.0 Å². The number of hydrogen-bond acceptors (Lipinski definition) is 7. The van der Waals surface area contributed by atoms with Crippen LogP contribution < -0.4 is 16.4 Å². The number of nitrogens with one attached hydrogen (secondary N) is 2. The van der Waals surface area contributed by atoms with E-state index in [-0.39, 0.29) is 25.7 Å². The molecule has 0 bridgehead atoms. The van der Waals surface area contributed by atoms with Crippen LogP contribution in [0, 0.1) is 5.92 Å². The first kappa shape index (κ1) is 31.2. The number of carbonyl (C=O) groups excluding carboxylic acids is 2. The summed E-state index contributed by atoms with van der Waals surface area (Å²) < 4.78 is 11.4. The van der Waals surface area contributed by atoms with E-state index in [1.165, 1.54) is 19.3 Å². The van der Waals surface area contributed by atoms with Crippen molar-refractivity contribution in [3.8, 4) is 0 Å². The van der Waals surface area contributed by atoms with Crippen molar-refractivity contribution in [1.82, 2.24) is 5.32 Å². The maximum atomic E-state index is 12.9. The predicted molar refractivity (Wildman–Crippen MR) is 168 cm³/mol. The first-order valence-electron chi connectivity index (χ1n) is 13.7. The summed E-state index contributed by atoms with van der Waals surface area (Å²) in [5.41, 5.74) is 10.3. The molecule has 7 nitrogen and oxygen atoms in total. The number of nitrogens with two attached hydrogens (primary N) is 1. The molecule has 4 N–H and O–H groups in total. The van der Waals surface area contributed by atoms with Gasteiger partial charge in [0.15, 0.2) is 0 Å². The lowest BCUT2D eigenvalue weighted by atomic mass is 9.80. The third-order valence-corrected chi connectivity index (χ3v) is 8.60. The molecule has 0 aromatic heterocycles. The molecule has 218 valence electrons. The van der Waals surface area contributed by atoms with Crippen molar-refractivity contribution in [3.05, 3.63) is 85.8 Å². The highest BCUT2D eigenvalue weighted by molar-refractivity contribution is 9.10. The Morgan fingerprint density at radius 1 is 1.00 bits per heavy atom. The lowest BCUT2D eigenvalue weighted by Crippen LogP contribution is -2.28. The zero-order valence-corrected chi connectivity index (χ0v) is 25.9. The number of para-hydroxylation sites is 2. The van der Waals surface area contributed by atoms with Crippen LogP contribution >= 0.6 is 39.1 Å². The molecule has 10 heteroatoms. The van der Waals surface area contributed by atoms with Crippen LogP contribution in [0.15, 0.2) is 59.1 Å². The molecular weight excluding hydrogens is 629 g/mol. The van der Waals surface area contributed by atoms with E-state index in [2.05, 4.69) is 26.6 Å². The van der Waals surface area contributed by atoms with Crippen molar-refractivity contribution < 1.29 is 19.1 Å². The Balaban J connectivity index is 1.32. The van der Waals surface area contributed by atoms with Gasteiger partial charge in [0.2, 0.25) is 0 Å². The SMILES string of the molecule is CNC(c1cc(C(=O)OCCOC(=O)Cc2ccccc2Nc2c(Cl)cccc2Cl)cc(Br)c1N)C1CCCCC1. The lowest BCUT2D eigenvalue weighted by molar-refractivity contribution is -0.143. The summed E-state index contributed by atoms with van der Waals surface area (Å²) >= 11 is 16.1. The molecule has 1 fully saturated rings. The Bertz CT molecular complexity index is 1360. The van der Waals surface area contributed by atoms with E-state index in [9.17, 15) is 9.59 Å². The van der Waals surface area contributed by atoms with E-state index in [1.54, 1.807) is 30.3 Å². The molecule has 0 radical (unpaired) electrons. The normalized spacial score (nSPS) is 14.3. The van der Waals surface area contributed by atoms with Gasteiger partial charge in [-0.05, 0) is 83.2 Å². The Morgan fingerprint density at radius 3 is 2.39 bits per heavy atom. The maximum absolute atomic E-state index is 12.9. The average molecular weight is 663 g/mol. The summed E-state index contributed by atoms with van der Waals surface area (Å²) in [4.78, 5) is 25.5. The molecule has 1 unspecified atom stereocenters. The fourth-order valence-corrected chi connectivity index (χ4v) is 6.22. The average Bonchev–Trinajstić information content (AvgIpc) is 2.97. The summed E-state index contributed by atoms with van der Waals surface area (Å²) in [7, 11) is 1.92. The minimum Gasteiger partial charge on any atom is -0.462 e. The molecule has 3 aromatic carbocycles. The van der Waals surface area contributed by atoms with Crippen LogP contribution in [-0.2, 0) is 20.7 Å². The highest BCUT2D eigenvalue weighted by atomic mass is 79.9. The lowest BCUT2D eigenvalue weighted by Gasteiger charge is -2.31. The van der Waals surface area contributed by atoms with Gasteiger partial charge in [0.25, 0.3) is 0 Å². The molecule has 41 heavy (non-hydrogen) atoms. The number of carbonyl (C=O) groups is 2. The molecule has 4 rings (SSSR count). The highest BCUT2D eigenvalue weighted by Gasteiger charge is 2.27. The Morgan fingerprint density at radius 2 is 1.68 bits per heavy atom. The van der Waals surface area contributed by atoms with Gasteiger partial charge in [0.1, 0.15) is 13.2 Å². The largest absolute Gasteiger partial charge is 0.462 e. The second kappa shape index (κ2) is 14.9. The fraction of sp³-hybridized carbons (Fsp3) is 0.355. The second-order valence-electron chi connectivity index (χ2n) is 10.0. The highest BCUT2D eigenvalue weighted by Crippen LogP contribution is 2.39. The summed E-state index contributed by atoms with van der Waals surface area (Å²) in [5.74, 6) is -0.509. The number of halogens is 3. The van der Waals surface area contributed by atoms with Crippen LogP contribution in [0.4, 0.5) is 17.1 Å². The van der Waals surface area contributed by atoms with Gasteiger partial charge < -0.3 is 25.8 Å². The molecule has 1 aliphatic rings. The van der Waals surface area contributed by atoms with Gasteiger partial charge in [-0.3, -0.25) is 4.79 Å². The molecule has 3 aromatic rings. The van der Waals surface area contributed by atoms with Gasteiger partial charge in [-0.1, -0.05) is 66.7 Å². The molecule has 1 aliphatic carbocycles. The fourth-order valence-electron chi connectivity index (χ4n) is 5.25. The Kier molecular flexibility index (Phi) is 11.3. The van der Waals surface area contributed by atoms with Crippen LogP contribution in [0.1, 0.15) is 59.6 Å². The van der Waals surface area contributed by atoms with Crippen molar-refractivity contribution >= 4 is 68.1 Å². The Hall–Kier alpha value is -2.78. The summed E-state index contributed by atoms with van der Waals surface area (Å²) in [6, 6.07) is 16.1. The smallest absolute Gasteiger partial charge is 0.338 e. The number of rotatable bonds is 11. The zero-order valence-electron chi connectivity index (χ0n) is 22.9. The number of esters is 2. The standard InChI is InChI=1S/C31H34BrCl2N3O4/c1-36-29(19-8-3-2-4-9-19)22-16-21(17-23(32)28(22)35)31(39)41-15-14-40-27(38)18-20-10-5-6-13-26(20)37-30-24(33)11-7-12-25(30)34/h5-7,10-13,16-17,19,29,36-37H,2-4,8-9,14-15,18,35H2,1H3. The van der Waals surface area contributed by atoms with Crippen molar-refractivity contribution in [1.29, 1.82) is 0 Å². The van der Waals surface area contributed by atoms with Crippen LogP contribution in [0.25, 0.3) is 0 Å². The quantitative estimate of drug-likeness (QED) is 0.109. The summed E-state index contributed by atoms with van der Waals surface area (Å²) in [5, 5.41) is 7.53. The van der Waals surface area contributed by atoms with E-state index in [1.807, 2.05) is 31.3 Å². The number of benzene rings is 3. The number of ether oxygens (including phenoxy) is 2. The topological polar surface area (TPSA) is 103 Å². The van der Waals surface area contributed by atoms with Gasteiger partial charge in [-0.25, -0.2) is 4.79 Å². The van der Waals surface area contributed by atoms with E-state index in [0.717, 1.165) is 18.4 Å². The molecule has 0 aliphatic heterocycles. The number of hydrogen-bond donors (Lipinski definition) is 3. The minimum absolute atomic E-state index is 0.0139. The van der Waals surface area contributed by atoms with Crippen molar-refractivity contribution in [3.63, 3.8) is 0 Å². The van der Waals surface area contributed by atoms with E-state index in [4.69, 9.17) is 38.4 Å². The summed E-state index contributed by atoms with van der Waals surface area (Å²) in [6.45, 7) is -0.143. The predicted octanol–water partition coefficient (Wildman–Crippen LogP) is 7.87. The third-order valence-electron chi connectivity index (χ3n) is 7.32. The maximum Gasteiger partial charge on any atom is 0.338 e. The summed E-state index contributed by atoms with van der Waals surface area (Å²) in [6.07, 6.45) is 5.90. The van der Waals surface area contributed by atoms with Crippen LogP contribution in [-0.4, -0.2) is 32.2 Å². The minimum atomic E-state index is -0.507. The van der Waals surface area contributed by atoms with Gasteiger partial charge in [-0.2, -0.15) is 0 Å². The third kappa shape index (κ3) is 8.16. The van der Waals surface area contributed by atoms with E-state index >= 15 is 0 Å². The monoisotopic (exact) mass is 661 g/mol. The van der Waals surface area contributed by atoms with Crippen LogP contribution in [0.3, 0.4) is 0 Å². The first-order chi connectivity index (χ1) is 19.8. The number of nitrogen functional groups attached to an aromatic ring is 1. The van der Waals surface area contributed by atoms with Gasteiger partial charge in [0, 0.05) is 16.2 Å². The zero-order chi connectivity index (χ0) is 29.4. The van der Waals surface area contributed by atoms with Gasteiger partial charge in [-0.15, -0.1) is 0 Å². The van der Waals surface area contributed by atoms with Gasteiger partial charge >= 0.3 is 11.9 Å². The molecule has 0 amide bonds. The first-order valence-corrected chi connectivity index (χ1v) is 15.2. The van der Waals surface area contributed by atoms with E-state index < -0.39 is 11.9 Å². The Labute approximate surface area is 259 Å². The molecular formula is C31H34BrCl2N3O4. The molecule has 0 heterocycles. The van der Waals surface area contributed by atoms with Crippen molar-refractivity contribution in [2.75, 3.05) is 31.3 Å². The van der Waals surface area contributed by atoms with Crippen molar-refractivity contribution in [2.45, 2.75) is 44.6 Å². The van der Waals surface area contributed by atoms with Crippen LogP contribution in [0.5, 0.6) is 0 Å². The van der Waals surface area contributed by atoms with E-state index in [0.29, 0.717) is 48.6 Å². The number of anilines is 3.